The fourth-order valence-corrected chi connectivity index (χ4v) is 4.85. The number of fused-ring (bicyclic) bond motifs is 1. The highest BCUT2D eigenvalue weighted by Gasteiger charge is 2.21. The van der Waals surface area contributed by atoms with Gasteiger partial charge in [0.15, 0.2) is 0 Å². The molecular weight excluding hydrogens is 420 g/mol. The molecule has 4 nitrogen and oxygen atoms in total. The van der Waals surface area contributed by atoms with Crippen molar-refractivity contribution >= 4 is 17.5 Å². The topological polar surface area (TPSA) is 40.6 Å². The minimum atomic E-state index is 0.0646. The first kappa shape index (κ1) is 26.0. The van der Waals surface area contributed by atoms with E-state index in [9.17, 15) is 9.59 Å². The van der Waals surface area contributed by atoms with Crippen LogP contribution in [0.3, 0.4) is 0 Å². The molecule has 2 amide bonds. The summed E-state index contributed by atoms with van der Waals surface area (Å²) in [5.74, 6) is 0.145. The fraction of sp³-hybridized carbons (Fsp3) is 0.533. The van der Waals surface area contributed by atoms with Crippen LogP contribution < -0.4 is 4.90 Å². The summed E-state index contributed by atoms with van der Waals surface area (Å²) in [7, 11) is 0. The normalized spacial score (nSPS) is 15.6. The van der Waals surface area contributed by atoms with Crippen LogP contribution >= 0.6 is 0 Å². The number of hydrogen-bond donors (Lipinski definition) is 0. The van der Waals surface area contributed by atoms with Crippen LogP contribution in [0.15, 0.2) is 48.5 Å². The molecule has 3 rings (SSSR count). The van der Waals surface area contributed by atoms with E-state index in [2.05, 4.69) is 25.1 Å². The number of benzene rings is 2. The average Bonchev–Trinajstić information content (AvgIpc) is 2.86. The first-order valence-electron chi connectivity index (χ1n) is 13.3. The van der Waals surface area contributed by atoms with E-state index in [-0.39, 0.29) is 11.8 Å². The van der Waals surface area contributed by atoms with Gasteiger partial charge in [0.2, 0.25) is 5.91 Å². The third-order valence-corrected chi connectivity index (χ3v) is 6.89. The van der Waals surface area contributed by atoms with Crippen LogP contribution in [0.4, 0.5) is 5.69 Å². The van der Waals surface area contributed by atoms with E-state index in [0.29, 0.717) is 6.54 Å². The zero-order chi connectivity index (χ0) is 24.2. The Balaban J connectivity index is 1.79. The summed E-state index contributed by atoms with van der Waals surface area (Å²) in [6.07, 6.45) is 12.7. The molecule has 0 fully saturated rings. The van der Waals surface area contributed by atoms with Crippen molar-refractivity contribution in [3.63, 3.8) is 0 Å². The third kappa shape index (κ3) is 7.72. The zero-order valence-corrected chi connectivity index (χ0v) is 21.2. The van der Waals surface area contributed by atoms with Crippen LogP contribution in [0.25, 0.3) is 0 Å². The van der Waals surface area contributed by atoms with Gasteiger partial charge in [-0.1, -0.05) is 82.2 Å². The molecule has 1 heterocycles. The van der Waals surface area contributed by atoms with Crippen molar-refractivity contribution in [3.05, 3.63) is 65.2 Å². The van der Waals surface area contributed by atoms with Gasteiger partial charge in [-0.05, 0) is 55.0 Å². The molecule has 0 saturated carbocycles. The van der Waals surface area contributed by atoms with Crippen LogP contribution in [-0.4, -0.2) is 29.8 Å². The van der Waals surface area contributed by atoms with E-state index < -0.39 is 0 Å². The summed E-state index contributed by atoms with van der Waals surface area (Å²) in [6, 6.07) is 16.3. The zero-order valence-electron chi connectivity index (χ0n) is 21.2. The number of hydrogen-bond acceptors (Lipinski definition) is 2. The second kappa shape index (κ2) is 13.9. The summed E-state index contributed by atoms with van der Waals surface area (Å²) in [5, 5.41) is 0. The van der Waals surface area contributed by atoms with E-state index in [1.54, 1.807) is 6.92 Å². The summed E-state index contributed by atoms with van der Waals surface area (Å²) in [6.45, 7) is 5.88. The summed E-state index contributed by atoms with van der Waals surface area (Å²) < 4.78 is 0. The number of amides is 2. The van der Waals surface area contributed by atoms with Gasteiger partial charge >= 0.3 is 0 Å². The first-order chi connectivity index (χ1) is 16.6. The number of unbranched alkanes of at least 4 members (excludes halogenated alkanes) is 3. The van der Waals surface area contributed by atoms with Gasteiger partial charge in [-0.2, -0.15) is 0 Å². The average molecular weight is 463 g/mol. The molecule has 1 aliphatic heterocycles. The smallest absolute Gasteiger partial charge is 0.254 e. The van der Waals surface area contributed by atoms with Crippen LogP contribution in [-0.2, 0) is 17.8 Å². The highest BCUT2D eigenvalue weighted by molar-refractivity contribution is 5.95. The fourth-order valence-electron chi connectivity index (χ4n) is 4.85. The molecule has 2 aromatic carbocycles. The van der Waals surface area contributed by atoms with Gasteiger partial charge in [0.05, 0.1) is 0 Å². The predicted molar refractivity (Wildman–Crippen MR) is 141 cm³/mol. The maximum atomic E-state index is 13.6. The molecule has 2 aromatic rings. The number of aryl methyl sites for hydroxylation is 1. The van der Waals surface area contributed by atoms with Gasteiger partial charge in [0, 0.05) is 37.8 Å². The maximum Gasteiger partial charge on any atom is 0.254 e. The van der Waals surface area contributed by atoms with Crippen molar-refractivity contribution in [3.8, 4) is 0 Å². The van der Waals surface area contributed by atoms with Crippen molar-refractivity contribution in [2.24, 2.45) is 0 Å². The Labute approximate surface area is 206 Å². The van der Waals surface area contributed by atoms with Gasteiger partial charge in [-0.15, -0.1) is 0 Å². The van der Waals surface area contributed by atoms with Gasteiger partial charge < -0.3 is 9.80 Å². The SMILES string of the molecule is CCCCCCc1ccc(C(=O)N2CCCCCCCCN(C(C)=O)c3ccccc3C2)cc1. The molecule has 0 N–H and O–H groups in total. The summed E-state index contributed by atoms with van der Waals surface area (Å²) >= 11 is 0. The molecule has 0 aromatic heterocycles. The van der Waals surface area contributed by atoms with Crippen molar-refractivity contribution in [1.82, 2.24) is 4.90 Å². The molecular formula is C30H42N2O2. The lowest BCUT2D eigenvalue weighted by molar-refractivity contribution is -0.116. The van der Waals surface area contributed by atoms with Gasteiger partial charge in [0.25, 0.3) is 5.91 Å². The van der Waals surface area contributed by atoms with Crippen LogP contribution in [0.2, 0.25) is 0 Å². The van der Waals surface area contributed by atoms with Crippen LogP contribution in [0.1, 0.15) is 99.5 Å². The van der Waals surface area contributed by atoms with E-state index in [0.717, 1.165) is 62.0 Å². The summed E-state index contributed by atoms with van der Waals surface area (Å²) in [4.78, 5) is 29.9. The number of carbonyl (C=O) groups excluding carboxylic acids is 2. The molecule has 0 aliphatic carbocycles. The third-order valence-electron chi connectivity index (χ3n) is 6.89. The van der Waals surface area contributed by atoms with E-state index >= 15 is 0 Å². The van der Waals surface area contributed by atoms with Gasteiger partial charge in [-0.25, -0.2) is 0 Å². The van der Waals surface area contributed by atoms with Crippen molar-refractivity contribution in [2.45, 2.75) is 91.0 Å². The van der Waals surface area contributed by atoms with Gasteiger partial charge in [-0.3, -0.25) is 9.59 Å². The molecule has 4 heteroatoms. The highest BCUT2D eigenvalue weighted by atomic mass is 16.2. The molecule has 0 unspecified atom stereocenters. The number of carbonyl (C=O) groups is 2. The van der Waals surface area contributed by atoms with Crippen molar-refractivity contribution in [2.75, 3.05) is 18.0 Å². The number of anilines is 1. The van der Waals surface area contributed by atoms with E-state index in [1.807, 2.05) is 40.1 Å². The largest absolute Gasteiger partial charge is 0.334 e. The first-order valence-corrected chi connectivity index (χ1v) is 13.3. The van der Waals surface area contributed by atoms with Crippen LogP contribution in [0, 0.1) is 0 Å². The Morgan fingerprint density at radius 2 is 1.47 bits per heavy atom. The van der Waals surface area contributed by atoms with E-state index in [4.69, 9.17) is 0 Å². The number of nitrogens with zero attached hydrogens (tertiary/aromatic N) is 2. The predicted octanol–water partition coefficient (Wildman–Crippen LogP) is 7.16. The number of rotatable bonds is 6. The lowest BCUT2D eigenvalue weighted by Crippen LogP contribution is -2.34. The van der Waals surface area contributed by atoms with Gasteiger partial charge in [0.1, 0.15) is 0 Å². The second-order valence-electron chi connectivity index (χ2n) is 9.65. The molecule has 0 spiro atoms. The molecule has 0 saturated heterocycles. The lowest BCUT2D eigenvalue weighted by atomic mass is 10.0. The van der Waals surface area contributed by atoms with Crippen molar-refractivity contribution < 1.29 is 9.59 Å². The monoisotopic (exact) mass is 462 g/mol. The molecule has 1 aliphatic rings. The minimum Gasteiger partial charge on any atom is -0.334 e. The molecule has 34 heavy (non-hydrogen) atoms. The Morgan fingerprint density at radius 3 is 2.18 bits per heavy atom. The molecule has 0 bridgehead atoms. The van der Waals surface area contributed by atoms with Crippen molar-refractivity contribution in [1.29, 1.82) is 0 Å². The lowest BCUT2D eigenvalue weighted by Gasteiger charge is -2.28. The van der Waals surface area contributed by atoms with E-state index in [1.165, 1.54) is 44.1 Å². The number of para-hydroxylation sites is 1. The Hall–Kier alpha value is -2.62. The maximum absolute atomic E-state index is 13.6. The minimum absolute atomic E-state index is 0.0646. The summed E-state index contributed by atoms with van der Waals surface area (Å²) in [5.41, 5.74) is 4.04. The Bertz CT molecular complexity index is 906. The quantitative estimate of drug-likeness (QED) is 0.427. The second-order valence-corrected chi connectivity index (χ2v) is 9.65. The molecule has 184 valence electrons. The Morgan fingerprint density at radius 1 is 0.794 bits per heavy atom. The molecule has 0 atom stereocenters. The highest BCUT2D eigenvalue weighted by Crippen LogP contribution is 2.25. The Kier molecular flexibility index (Phi) is 10.7. The standard InChI is InChI=1S/C30H42N2O2/c1-3-4-5-10-15-26-18-20-27(21-19-26)30(34)31-22-13-8-6-7-9-14-23-32(25(2)33)29-17-12-11-16-28(29)24-31/h11-12,16-21H,3-10,13-15,22-24H2,1-2H3. The molecule has 0 radical (unpaired) electrons. The van der Waals surface area contributed by atoms with Crippen LogP contribution in [0.5, 0.6) is 0 Å².